The van der Waals surface area contributed by atoms with E-state index in [2.05, 4.69) is 13.8 Å². The fourth-order valence-electron chi connectivity index (χ4n) is 0.779. The van der Waals surface area contributed by atoms with Gasteiger partial charge in [0.1, 0.15) is 0 Å². The van der Waals surface area contributed by atoms with E-state index in [1.54, 1.807) is 13.2 Å². The van der Waals surface area contributed by atoms with Crippen LogP contribution in [0.1, 0.15) is 27.7 Å². The Kier molecular flexibility index (Phi) is 4.18. The maximum absolute atomic E-state index is 10.7. The Labute approximate surface area is 74.6 Å². The molecule has 2 nitrogen and oxygen atoms in total. The smallest absolute Gasteiger partial charge is 0.152 e. The lowest BCUT2D eigenvalue weighted by atomic mass is 9.91. The number of hydrogen-bond acceptors (Lipinski definition) is 2. The fraction of sp³-hybridized carbons (Fsp3) is 0.700. The number of carbonyl (C=O) groups excluding carboxylic acids is 1. The van der Waals surface area contributed by atoms with Crippen LogP contribution in [-0.4, -0.2) is 18.5 Å². The maximum atomic E-state index is 10.7. The maximum Gasteiger partial charge on any atom is 0.152 e. The van der Waals surface area contributed by atoms with Crippen molar-refractivity contribution in [1.29, 1.82) is 0 Å². The number of methoxy groups -OCH3 is 1. The molecule has 70 valence electrons. The minimum absolute atomic E-state index is 0.0546. The van der Waals surface area contributed by atoms with Crippen molar-refractivity contribution in [2.45, 2.75) is 33.3 Å². The van der Waals surface area contributed by atoms with Gasteiger partial charge in [-0.25, -0.2) is 0 Å². The van der Waals surface area contributed by atoms with Gasteiger partial charge in [-0.05, 0) is 31.9 Å². The van der Waals surface area contributed by atoms with E-state index in [9.17, 15) is 4.79 Å². The standard InChI is InChI=1S/C10H18O2/c1-8(2)10(4,12-5)7-6-9(3)11/h6-8H,1-5H3/b7-6+. The highest BCUT2D eigenvalue weighted by Crippen LogP contribution is 2.21. The van der Waals surface area contributed by atoms with Gasteiger partial charge in [0, 0.05) is 7.11 Å². The molecule has 1 atom stereocenters. The lowest BCUT2D eigenvalue weighted by Gasteiger charge is -2.28. The summed E-state index contributed by atoms with van der Waals surface area (Å²) in [7, 11) is 1.66. The highest BCUT2D eigenvalue weighted by molar-refractivity contribution is 5.87. The van der Waals surface area contributed by atoms with Crippen LogP contribution in [0, 0.1) is 5.92 Å². The van der Waals surface area contributed by atoms with Crippen LogP contribution in [0.25, 0.3) is 0 Å². The summed E-state index contributed by atoms with van der Waals surface area (Å²) in [5.74, 6) is 0.414. The predicted molar refractivity (Wildman–Crippen MR) is 50.1 cm³/mol. The van der Waals surface area contributed by atoms with Crippen molar-refractivity contribution < 1.29 is 9.53 Å². The normalized spacial score (nSPS) is 16.8. The minimum atomic E-state index is -0.328. The van der Waals surface area contributed by atoms with E-state index in [0.717, 1.165) is 0 Å². The van der Waals surface area contributed by atoms with E-state index in [4.69, 9.17) is 4.74 Å². The molecule has 0 aromatic heterocycles. The third-order valence-corrected chi connectivity index (χ3v) is 2.24. The lowest BCUT2D eigenvalue weighted by molar-refractivity contribution is -0.112. The van der Waals surface area contributed by atoms with Gasteiger partial charge >= 0.3 is 0 Å². The minimum Gasteiger partial charge on any atom is -0.374 e. The first-order valence-corrected chi connectivity index (χ1v) is 4.17. The predicted octanol–water partition coefficient (Wildman–Crippen LogP) is 2.19. The summed E-state index contributed by atoms with van der Waals surface area (Å²) in [5, 5.41) is 0. The number of ketones is 1. The molecule has 0 aromatic carbocycles. The summed E-state index contributed by atoms with van der Waals surface area (Å²) < 4.78 is 5.31. The van der Waals surface area contributed by atoms with Gasteiger partial charge in [0.05, 0.1) is 5.60 Å². The topological polar surface area (TPSA) is 26.3 Å². The largest absolute Gasteiger partial charge is 0.374 e. The van der Waals surface area contributed by atoms with Crippen molar-refractivity contribution in [3.8, 4) is 0 Å². The Morgan fingerprint density at radius 3 is 2.25 bits per heavy atom. The molecular formula is C10H18O2. The summed E-state index contributed by atoms with van der Waals surface area (Å²) in [6.07, 6.45) is 3.38. The van der Waals surface area contributed by atoms with Crippen molar-refractivity contribution in [3.63, 3.8) is 0 Å². The molecule has 12 heavy (non-hydrogen) atoms. The van der Waals surface area contributed by atoms with Gasteiger partial charge in [0.15, 0.2) is 5.78 Å². The van der Waals surface area contributed by atoms with Crippen LogP contribution < -0.4 is 0 Å². The molecule has 0 bridgehead atoms. The van der Waals surface area contributed by atoms with Gasteiger partial charge in [0.2, 0.25) is 0 Å². The summed E-state index contributed by atoms with van der Waals surface area (Å²) >= 11 is 0. The van der Waals surface area contributed by atoms with Crippen molar-refractivity contribution in [2.24, 2.45) is 5.92 Å². The molecule has 0 rings (SSSR count). The van der Waals surface area contributed by atoms with Gasteiger partial charge in [-0.15, -0.1) is 0 Å². The summed E-state index contributed by atoms with van der Waals surface area (Å²) in [5.41, 5.74) is -0.328. The number of allylic oxidation sites excluding steroid dienone is 1. The molecule has 0 radical (unpaired) electrons. The fourth-order valence-corrected chi connectivity index (χ4v) is 0.779. The van der Waals surface area contributed by atoms with Crippen LogP contribution in [-0.2, 0) is 9.53 Å². The van der Waals surface area contributed by atoms with Gasteiger partial charge < -0.3 is 4.74 Å². The molecule has 0 saturated heterocycles. The zero-order valence-corrected chi connectivity index (χ0v) is 8.55. The molecule has 0 spiro atoms. The Bertz CT molecular complexity index is 182. The van der Waals surface area contributed by atoms with Crippen LogP contribution in [0.5, 0.6) is 0 Å². The molecule has 1 unspecified atom stereocenters. The first-order chi connectivity index (χ1) is 5.42. The van der Waals surface area contributed by atoms with Crippen molar-refractivity contribution in [1.82, 2.24) is 0 Å². The van der Waals surface area contributed by atoms with Crippen LogP contribution in [0.15, 0.2) is 12.2 Å². The van der Waals surface area contributed by atoms with E-state index in [-0.39, 0.29) is 11.4 Å². The van der Waals surface area contributed by atoms with Gasteiger partial charge in [0.25, 0.3) is 0 Å². The molecule has 0 N–H and O–H groups in total. The van der Waals surface area contributed by atoms with Crippen LogP contribution in [0.3, 0.4) is 0 Å². The van der Waals surface area contributed by atoms with E-state index in [0.29, 0.717) is 5.92 Å². The molecule has 0 aromatic rings. The number of carbonyl (C=O) groups is 1. The zero-order valence-electron chi connectivity index (χ0n) is 8.55. The summed E-state index contributed by atoms with van der Waals surface area (Å²) in [6.45, 7) is 7.63. The van der Waals surface area contributed by atoms with E-state index in [1.807, 2.05) is 13.0 Å². The second-order valence-corrected chi connectivity index (χ2v) is 3.49. The second-order valence-electron chi connectivity index (χ2n) is 3.49. The monoisotopic (exact) mass is 170 g/mol. The van der Waals surface area contributed by atoms with Gasteiger partial charge in [-0.3, -0.25) is 4.79 Å². The third-order valence-electron chi connectivity index (χ3n) is 2.24. The highest BCUT2D eigenvalue weighted by Gasteiger charge is 2.24. The zero-order chi connectivity index (χ0) is 9.78. The molecule has 0 aliphatic carbocycles. The van der Waals surface area contributed by atoms with Crippen LogP contribution >= 0.6 is 0 Å². The molecule has 0 heterocycles. The number of hydrogen-bond donors (Lipinski definition) is 0. The van der Waals surface area contributed by atoms with E-state index >= 15 is 0 Å². The first-order valence-electron chi connectivity index (χ1n) is 4.17. The Hall–Kier alpha value is -0.630. The molecule has 0 amide bonds. The first kappa shape index (κ1) is 11.4. The highest BCUT2D eigenvalue weighted by atomic mass is 16.5. The van der Waals surface area contributed by atoms with Gasteiger partial charge in [-0.1, -0.05) is 13.8 Å². The SMILES string of the molecule is COC(C)(/C=C/C(C)=O)C(C)C. The van der Waals surface area contributed by atoms with Crippen molar-refractivity contribution in [2.75, 3.05) is 7.11 Å². The van der Waals surface area contributed by atoms with Crippen LogP contribution in [0.4, 0.5) is 0 Å². The second kappa shape index (κ2) is 4.41. The summed E-state index contributed by atoms with van der Waals surface area (Å²) in [6, 6.07) is 0. The Balaban J connectivity index is 4.44. The average molecular weight is 170 g/mol. The van der Waals surface area contributed by atoms with Gasteiger partial charge in [-0.2, -0.15) is 0 Å². The Morgan fingerprint density at radius 1 is 1.50 bits per heavy atom. The molecule has 0 aliphatic rings. The van der Waals surface area contributed by atoms with E-state index in [1.165, 1.54) is 6.92 Å². The number of ether oxygens (including phenoxy) is 1. The molecule has 2 heteroatoms. The lowest BCUT2D eigenvalue weighted by Crippen LogP contribution is -2.31. The van der Waals surface area contributed by atoms with Crippen LogP contribution in [0.2, 0.25) is 0 Å². The molecule has 0 fully saturated rings. The quantitative estimate of drug-likeness (QED) is 0.604. The van der Waals surface area contributed by atoms with E-state index < -0.39 is 0 Å². The molecule has 0 aliphatic heterocycles. The molecular weight excluding hydrogens is 152 g/mol. The molecule has 0 saturated carbocycles. The number of rotatable bonds is 4. The average Bonchev–Trinajstić information content (AvgIpc) is 1.99. The van der Waals surface area contributed by atoms with Crippen molar-refractivity contribution >= 4 is 5.78 Å². The third kappa shape index (κ3) is 3.18. The van der Waals surface area contributed by atoms with Crippen molar-refractivity contribution in [3.05, 3.63) is 12.2 Å². The Morgan fingerprint density at radius 2 is 2.00 bits per heavy atom. The summed E-state index contributed by atoms with van der Waals surface area (Å²) in [4.78, 5) is 10.7.